The smallest absolute Gasteiger partial charge is 0.124 e. The van der Waals surface area contributed by atoms with Crippen LogP contribution in [0.4, 0.5) is 0 Å². The van der Waals surface area contributed by atoms with Crippen LogP contribution in [-0.2, 0) is 0 Å². The Morgan fingerprint density at radius 1 is 1.47 bits per heavy atom. The predicted octanol–water partition coefficient (Wildman–Crippen LogP) is 1.41. The molecule has 1 aliphatic heterocycles. The Balaban J connectivity index is 2.25. The van der Waals surface area contributed by atoms with E-state index in [2.05, 4.69) is 23.2 Å². The summed E-state index contributed by atoms with van der Waals surface area (Å²) in [5, 5.41) is 13.2. The molecule has 1 fully saturated rings. The molecule has 0 saturated carbocycles. The lowest BCUT2D eigenvalue weighted by molar-refractivity contribution is 0.0705. The molecular weight excluding hydrogens is 240 g/mol. The van der Waals surface area contributed by atoms with Crippen molar-refractivity contribution in [3.05, 3.63) is 29.8 Å². The number of rotatable bonds is 5. The Bertz CT molecular complexity index is 397. The molecule has 0 radical (unpaired) electrons. The number of ether oxygens (including phenoxy) is 1. The third-order valence-corrected chi connectivity index (χ3v) is 3.70. The number of nitrogens with one attached hydrogen (secondary N) is 1. The van der Waals surface area contributed by atoms with E-state index in [1.807, 2.05) is 25.1 Å². The highest BCUT2D eigenvalue weighted by molar-refractivity contribution is 5.36. The Morgan fingerprint density at radius 3 is 2.95 bits per heavy atom. The molecule has 2 rings (SSSR count). The van der Waals surface area contributed by atoms with Crippen molar-refractivity contribution in [2.45, 2.75) is 25.9 Å². The first-order valence-electron chi connectivity index (χ1n) is 7.07. The van der Waals surface area contributed by atoms with Crippen LogP contribution < -0.4 is 10.1 Å². The van der Waals surface area contributed by atoms with Crippen LogP contribution in [0.25, 0.3) is 0 Å². The summed E-state index contributed by atoms with van der Waals surface area (Å²) in [4.78, 5) is 2.36. The van der Waals surface area contributed by atoms with E-state index in [4.69, 9.17) is 4.74 Å². The van der Waals surface area contributed by atoms with Crippen molar-refractivity contribution in [1.29, 1.82) is 0 Å². The number of nitrogens with zero attached hydrogens (tertiary/aromatic N) is 1. The molecule has 4 heteroatoms. The van der Waals surface area contributed by atoms with Gasteiger partial charge in [-0.25, -0.2) is 0 Å². The Hall–Kier alpha value is -1.10. The largest absolute Gasteiger partial charge is 0.494 e. The first-order chi connectivity index (χ1) is 9.27. The lowest BCUT2D eigenvalue weighted by atomic mass is 10.0. The van der Waals surface area contributed by atoms with Crippen molar-refractivity contribution in [2.75, 3.05) is 32.8 Å². The molecule has 4 nitrogen and oxygen atoms in total. The zero-order valence-corrected chi connectivity index (χ0v) is 11.8. The van der Waals surface area contributed by atoms with Crippen molar-refractivity contribution in [3.63, 3.8) is 0 Å². The molecule has 1 heterocycles. The molecule has 0 bridgehead atoms. The second-order valence-electron chi connectivity index (χ2n) is 4.96. The molecule has 2 unspecified atom stereocenters. The number of aliphatic hydroxyl groups excluding tert-OH is 1. The molecule has 1 saturated heterocycles. The van der Waals surface area contributed by atoms with Crippen molar-refractivity contribution < 1.29 is 9.84 Å². The van der Waals surface area contributed by atoms with E-state index in [0.717, 1.165) is 30.9 Å². The van der Waals surface area contributed by atoms with Gasteiger partial charge in [-0.3, -0.25) is 4.90 Å². The van der Waals surface area contributed by atoms with Gasteiger partial charge in [0.15, 0.2) is 0 Å². The van der Waals surface area contributed by atoms with E-state index < -0.39 is 0 Å². The number of aliphatic hydroxyl groups is 1. The SMILES string of the molecule is CCOc1ccccc1C(CO)N1CCNCC1C. The first-order valence-corrected chi connectivity index (χ1v) is 7.07. The van der Waals surface area contributed by atoms with Crippen LogP contribution in [0.2, 0.25) is 0 Å². The van der Waals surface area contributed by atoms with Crippen molar-refractivity contribution in [2.24, 2.45) is 0 Å². The molecule has 2 atom stereocenters. The van der Waals surface area contributed by atoms with Crippen LogP contribution in [0.1, 0.15) is 25.5 Å². The zero-order valence-electron chi connectivity index (χ0n) is 11.8. The predicted molar refractivity (Wildman–Crippen MR) is 76.5 cm³/mol. The maximum absolute atomic E-state index is 9.82. The highest BCUT2D eigenvalue weighted by Gasteiger charge is 2.28. The van der Waals surface area contributed by atoms with Gasteiger partial charge in [0.25, 0.3) is 0 Å². The second-order valence-corrected chi connectivity index (χ2v) is 4.96. The molecule has 0 aromatic heterocycles. The summed E-state index contributed by atoms with van der Waals surface area (Å²) in [6, 6.07) is 8.45. The average Bonchev–Trinajstić information content (AvgIpc) is 2.44. The summed E-state index contributed by atoms with van der Waals surface area (Å²) in [7, 11) is 0. The van der Waals surface area contributed by atoms with Gasteiger partial charge in [-0.15, -0.1) is 0 Å². The number of benzene rings is 1. The highest BCUT2D eigenvalue weighted by atomic mass is 16.5. The molecule has 0 amide bonds. The van der Waals surface area contributed by atoms with Crippen molar-refractivity contribution in [1.82, 2.24) is 10.2 Å². The standard InChI is InChI=1S/C15H24N2O2/c1-3-19-15-7-5-4-6-13(15)14(11-18)17-9-8-16-10-12(17)2/h4-7,12,14,16,18H,3,8-11H2,1-2H3. The Labute approximate surface area is 115 Å². The third-order valence-electron chi connectivity index (χ3n) is 3.70. The van der Waals surface area contributed by atoms with Crippen LogP contribution >= 0.6 is 0 Å². The van der Waals surface area contributed by atoms with Gasteiger partial charge in [0.1, 0.15) is 5.75 Å². The van der Waals surface area contributed by atoms with Crippen LogP contribution in [0.3, 0.4) is 0 Å². The quantitative estimate of drug-likeness (QED) is 0.844. The van der Waals surface area contributed by atoms with Crippen molar-refractivity contribution in [3.8, 4) is 5.75 Å². The fourth-order valence-corrected chi connectivity index (χ4v) is 2.74. The van der Waals surface area contributed by atoms with E-state index in [1.165, 1.54) is 0 Å². The topological polar surface area (TPSA) is 44.7 Å². The van der Waals surface area contributed by atoms with Gasteiger partial charge in [-0.2, -0.15) is 0 Å². The van der Waals surface area contributed by atoms with E-state index in [-0.39, 0.29) is 12.6 Å². The number of piperazine rings is 1. The van der Waals surface area contributed by atoms with Gasteiger partial charge in [0.05, 0.1) is 19.3 Å². The minimum Gasteiger partial charge on any atom is -0.494 e. The lowest BCUT2D eigenvalue weighted by Gasteiger charge is -2.39. The number of para-hydroxylation sites is 1. The molecule has 0 aliphatic carbocycles. The van der Waals surface area contributed by atoms with E-state index >= 15 is 0 Å². The Morgan fingerprint density at radius 2 is 2.26 bits per heavy atom. The maximum atomic E-state index is 9.82. The van der Waals surface area contributed by atoms with Gasteiger partial charge < -0.3 is 15.2 Å². The van der Waals surface area contributed by atoms with E-state index in [9.17, 15) is 5.11 Å². The first kappa shape index (κ1) is 14.3. The van der Waals surface area contributed by atoms with Gasteiger partial charge in [0, 0.05) is 31.2 Å². The molecule has 19 heavy (non-hydrogen) atoms. The van der Waals surface area contributed by atoms with Gasteiger partial charge in [0.2, 0.25) is 0 Å². The molecule has 2 N–H and O–H groups in total. The number of hydrogen-bond donors (Lipinski definition) is 2. The monoisotopic (exact) mass is 264 g/mol. The van der Waals surface area contributed by atoms with Gasteiger partial charge in [-0.1, -0.05) is 18.2 Å². The normalized spacial score (nSPS) is 22.2. The van der Waals surface area contributed by atoms with Crippen LogP contribution in [-0.4, -0.2) is 48.9 Å². The van der Waals surface area contributed by atoms with Gasteiger partial charge >= 0.3 is 0 Å². The molecule has 1 aromatic carbocycles. The molecule has 106 valence electrons. The summed E-state index contributed by atoms with van der Waals surface area (Å²) in [5.74, 6) is 0.884. The average molecular weight is 264 g/mol. The van der Waals surface area contributed by atoms with E-state index in [0.29, 0.717) is 12.6 Å². The summed E-state index contributed by atoms with van der Waals surface area (Å²) >= 11 is 0. The minimum absolute atomic E-state index is 0.0137. The highest BCUT2D eigenvalue weighted by Crippen LogP contribution is 2.30. The molecule has 1 aliphatic rings. The van der Waals surface area contributed by atoms with Crippen LogP contribution in [0.5, 0.6) is 5.75 Å². The summed E-state index contributed by atoms with van der Waals surface area (Å²) in [5.41, 5.74) is 1.08. The second kappa shape index (κ2) is 6.89. The number of hydrogen-bond acceptors (Lipinski definition) is 4. The summed E-state index contributed by atoms with van der Waals surface area (Å²) in [6.45, 7) is 7.83. The van der Waals surface area contributed by atoms with Crippen molar-refractivity contribution >= 4 is 0 Å². The van der Waals surface area contributed by atoms with Gasteiger partial charge in [-0.05, 0) is 19.9 Å². The third kappa shape index (κ3) is 3.26. The molecule has 1 aromatic rings. The Kier molecular flexibility index (Phi) is 5.19. The maximum Gasteiger partial charge on any atom is 0.124 e. The molecule has 0 spiro atoms. The van der Waals surface area contributed by atoms with Crippen LogP contribution in [0.15, 0.2) is 24.3 Å². The van der Waals surface area contributed by atoms with E-state index in [1.54, 1.807) is 0 Å². The fourth-order valence-electron chi connectivity index (χ4n) is 2.74. The van der Waals surface area contributed by atoms with Crippen LogP contribution in [0, 0.1) is 0 Å². The lowest BCUT2D eigenvalue weighted by Crippen LogP contribution is -2.51. The summed E-state index contributed by atoms with van der Waals surface area (Å²) < 4.78 is 5.69. The summed E-state index contributed by atoms with van der Waals surface area (Å²) in [6.07, 6.45) is 0. The fraction of sp³-hybridized carbons (Fsp3) is 0.600. The molecular formula is C15H24N2O2. The minimum atomic E-state index is 0.0137. The zero-order chi connectivity index (χ0) is 13.7.